The van der Waals surface area contributed by atoms with Crippen molar-refractivity contribution in [2.45, 2.75) is 24.5 Å². The molecule has 1 atom stereocenters. The molecule has 2 heterocycles. The Morgan fingerprint density at radius 3 is 2.45 bits per heavy atom. The first kappa shape index (κ1) is 16.7. The number of carbonyl (C=O) groups is 1. The maximum absolute atomic E-state index is 12.4. The van der Waals surface area contributed by atoms with Gasteiger partial charge in [0.15, 0.2) is 5.03 Å². The monoisotopic (exact) mass is 338 g/mol. The first-order valence-corrected chi connectivity index (χ1v) is 7.68. The predicted molar refractivity (Wildman–Crippen MR) is 68.4 cm³/mol. The number of hydrogen-bond donors (Lipinski definition) is 1. The Morgan fingerprint density at radius 1 is 1.41 bits per heavy atom. The van der Waals surface area contributed by atoms with E-state index in [0.717, 1.165) is 10.4 Å². The van der Waals surface area contributed by atoms with Gasteiger partial charge in [-0.15, -0.1) is 0 Å². The van der Waals surface area contributed by atoms with Crippen molar-refractivity contribution in [1.82, 2.24) is 9.29 Å². The summed E-state index contributed by atoms with van der Waals surface area (Å²) in [6.45, 7) is 1.16. The minimum atomic E-state index is -4.61. The van der Waals surface area contributed by atoms with E-state index in [1.165, 1.54) is 6.92 Å². The standard InChI is InChI=1S/C12H13F3N2O4S/c1-11(10(18)19)4-5-17(7-11)22(20,21)9-3-2-8(6-16-9)12(13,14)15/h2-3,6H,4-5,7H2,1H3,(H,18,19). The summed E-state index contributed by atoms with van der Waals surface area (Å²) in [5, 5.41) is 8.56. The molecule has 0 aromatic carbocycles. The van der Waals surface area contributed by atoms with Crippen LogP contribution in [0.15, 0.2) is 23.4 Å². The molecule has 0 saturated carbocycles. The first-order chi connectivity index (χ1) is 9.97. The molecule has 1 aliphatic rings. The zero-order chi connectivity index (χ0) is 16.8. The molecule has 2 rings (SSSR count). The van der Waals surface area contributed by atoms with Crippen molar-refractivity contribution in [2.75, 3.05) is 13.1 Å². The van der Waals surface area contributed by atoms with Crippen molar-refractivity contribution in [3.8, 4) is 0 Å². The third kappa shape index (κ3) is 2.93. The van der Waals surface area contributed by atoms with E-state index in [0.29, 0.717) is 12.3 Å². The quantitative estimate of drug-likeness (QED) is 0.904. The molecular weight excluding hydrogens is 325 g/mol. The van der Waals surface area contributed by atoms with E-state index < -0.39 is 38.2 Å². The molecule has 1 saturated heterocycles. The van der Waals surface area contributed by atoms with E-state index in [4.69, 9.17) is 5.11 Å². The van der Waals surface area contributed by atoms with Crippen molar-refractivity contribution < 1.29 is 31.5 Å². The van der Waals surface area contributed by atoms with Gasteiger partial charge in [0, 0.05) is 19.3 Å². The Kier molecular flexibility index (Phi) is 3.94. The summed E-state index contributed by atoms with van der Waals surface area (Å²) >= 11 is 0. The highest BCUT2D eigenvalue weighted by Gasteiger charge is 2.45. The fourth-order valence-electron chi connectivity index (χ4n) is 2.13. The Hall–Kier alpha value is -1.68. The molecule has 0 bridgehead atoms. The van der Waals surface area contributed by atoms with Gasteiger partial charge in [0.25, 0.3) is 10.0 Å². The SMILES string of the molecule is CC1(C(=O)O)CCN(S(=O)(=O)c2ccc(C(F)(F)F)cn2)C1. The second kappa shape index (κ2) is 5.20. The topological polar surface area (TPSA) is 87.6 Å². The fraction of sp³-hybridized carbons (Fsp3) is 0.500. The van der Waals surface area contributed by atoms with Crippen LogP contribution in [0.1, 0.15) is 18.9 Å². The van der Waals surface area contributed by atoms with Crippen LogP contribution in [0.2, 0.25) is 0 Å². The lowest BCUT2D eigenvalue weighted by atomic mass is 9.90. The van der Waals surface area contributed by atoms with Crippen LogP contribution in [-0.2, 0) is 21.0 Å². The van der Waals surface area contributed by atoms with Crippen LogP contribution in [0.4, 0.5) is 13.2 Å². The first-order valence-electron chi connectivity index (χ1n) is 6.24. The second-order valence-corrected chi connectivity index (χ2v) is 7.22. The zero-order valence-electron chi connectivity index (χ0n) is 11.5. The van der Waals surface area contributed by atoms with Crippen molar-refractivity contribution >= 4 is 16.0 Å². The van der Waals surface area contributed by atoms with Gasteiger partial charge in [-0.1, -0.05) is 0 Å². The maximum Gasteiger partial charge on any atom is 0.417 e. The molecule has 1 aromatic rings. The van der Waals surface area contributed by atoms with Gasteiger partial charge in [0.1, 0.15) is 0 Å². The molecule has 1 N–H and O–H groups in total. The van der Waals surface area contributed by atoms with Crippen LogP contribution >= 0.6 is 0 Å². The molecule has 0 amide bonds. The number of nitrogens with zero attached hydrogens (tertiary/aromatic N) is 2. The van der Waals surface area contributed by atoms with E-state index in [-0.39, 0.29) is 19.5 Å². The van der Waals surface area contributed by atoms with E-state index in [1.54, 1.807) is 0 Å². The molecule has 0 spiro atoms. The summed E-state index contributed by atoms with van der Waals surface area (Å²) in [4.78, 5) is 14.5. The Balaban J connectivity index is 2.27. The molecule has 122 valence electrons. The molecule has 0 radical (unpaired) electrons. The van der Waals surface area contributed by atoms with Crippen molar-refractivity contribution in [3.63, 3.8) is 0 Å². The lowest BCUT2D eigenvalue weighted by molar-refractivity contribution is -0.147. The molecule has 1 fully saturated rings. The van der Waals surface area contributed by atoms with Crippen LogP contribution in [0.3, 0.4) is 0 Å². The maximum atomic E-state index is 12.4. The van der Waals surface area contributed by atoms with Crippen LogP contribution in [-0.4, -0.2) is 41.9 Å². The van der Waals surface area contributed by atoms with E-state index in [2.05, 4.69) is 4.98 Å². The van der Waals surface area contributed by atoms with Crippen LogP contribution in [0, 0.1) is 5.41 Å². The van der Waals surface area contributed by atoms with Gasteiger partial charge in [0.05, 0.1) is 11.0 Å². The van der Waals surface area contributed by atoms with Gasteiger partial charge in [-0.05, 0) is 25.5 Å². The summed E-state index contributed by atoms with van der Waals surface area (Å²) in [5.41, 5.74) is -2.26. The Morgan fingerprint density at radius 2 is 2.05 bits per heavy atom. The number of carboxylic acids is 1. The molecular formula is C12H13F3N2O4S. The molecule has 1 aromatic heterocycles. The number of pyridine rings is 1. The number of rotatable bonds is 3. The summed E-state index contributed by atoms with van der Waals surface area (Å²) in [5.74, 6) is -1.12. The lowest BCUT2D eigenvalue weighted by Crippen LogP contribution is -2.35. The minimum absolute atomic E-state index is 0.0200. The van der Waals surface area contributed by atoms with Gasteiger partial charge in [-0.25, -0.2) is 13.4 Å². The Labute approximate surface area is 124 Å². The highest BCUT2D eigenvalue weighted by atomic mass is 32.2. The number of sulfonamides is 1. The zero-order valence-corrected chi connectivity index (χ0v) is 12.3. The summed E-state index contributed by atoms with van der Waals surface area (Å²) < 4.78 is 62.8. The average molecular weight is 338 g/mol. The Bertz CT molecular complexity index is 687. The molecule has 6 nitrogen and oxygen atoms in total. The van der Waals surface area contributed by atoms with Crippen LogP contribution in [0.25, 0.3) is 0 Å². The number of halogens is 3. The van der Waals surface area contributed by atoms with Gasteiger partial charge in [0.2, 0.25) is 0 Å². The van der Waals surface area contributed by atoms with Crippen LogP contribution < -0.4 is 0 Å². The fourth-order valence-corrected chi connectivity index (χ4v) is 3.61. The second-order valence-electron chi connectivity index (χ2n) is 5.34. The van der Waals surface area contributed by atoms with Gasteiger partial charge >= 0.3 is 12.1 Å². The molecule has 0 aliphatic carbocycles. The number of alkyl halides is 3. The third-order valence-electron chi connectivity index (χ3n) is 3.62. The van der Waals surface area contributed by atoms with Gasteiger partial charge in [-0.3, -0.25) is 4.79 Å². The average Bonchev–Trinajstić information content (AvgIpc) is 2.83. The van der Waals surface area contributed by atoms with Crippen molar-refractivity contribution in [2.24, 2.45) is 5.41 Å². The van der Waals surface area contributed by atoms with E-state index in [1.807, 2.05) is 0 Å². The number of carboxylic acid groups (broad SMARTS) is 1. The molecule has 1 aliphatic heterocycles. The largest absolute Gasteiger partial charge is 0.481 e. The molecule has 10 heteroatoms. The van der Waals surface area contributed by atoms with Gasteiger partial charge in [-0.2, -0.15) is 17.5 Å². The lowest BCUT2D eigenvalue weighted by Gasteiger charge is -2.19. The minimum Gasteiger partial charge on any atom is -0.481 e. The highest BCUT2D eigenvalue weighted by molar-refractivity contribution is 7.89. The summed E-state index contributed by atoms with van der Waals surface area (Å²) in [6.07, 6.45) is -4.04. The summed E-state index contributed by atoms with van der Waals surface area (Å²) in [7, 11) is -4.11. The highest BCUT2D eigenvalue weighted by Crippen LogP contribution is 2.34. The van der Waals surface area contributed by atoms with Crippen molar-refractivity contribution in [3.05, 3.63) is 23.9 Å². The van der Waals surface area contributed by atoms with Gasteiger partial charge < -0.3 is 5.11 Å². The molecule has 1 unspecified atom stereocenters. The number of aromatic nitrogens is 1. The number of hydrogen-bond acceptors (Lipinski definition) is 4. The number of aliphatic carboxylic acids is 1. The smallest absolute Gasteiger partial charge is 0.417 e. The normalized spacial score (nSPS) is 23.6. The molecule has 22 heavy (non-hydrogen) atoms. The predicted octanol–water partition coefficient (Wildman–Crippen LogP) is 1.59. The summed E-state index contributed by atoms with van der Waals surface area (Å²) in [6, 6.07) is 1.40. The third-order valence-corrected chi connectivity index (χ3v) is 5.38. The van der Waals surface area contributed by atoms with Crippen molar-refractivity contribution in [1.29, 1.82) is 0 Å². The van der Waals surface area contributed by atoms with Crippen LogP contribution in [0.5, 0.6) is 0 Å². The van der Waals surface area contributed by atoms with E-state index in [9.17, 15) is 26.4 Å². The van der Waals surface area contributed by atoms with E-state index >= 15 is 0 Å².